The van der Waals surface area contributed by atoms with Crippen LogP contribution in [0.4, 0.5) is 4.79 Å². The van der Waals surface area contributed by atoms with Gasteiger partial charge in [0.1, 0.15) is 6.04 Å². The third-order valence-corrected chi connectivity index (χ3v) is 3.39. The van der Waals surface area contributed by atoms with Crippen molar-refractivity contribution in [1.82, 2.24) is 10.2 Å². The molecule has 0 heterocycles. The van der Waals surface area contributed by atoms with Gasteiger partial charge in [0.2, 0.25) is 5.91 Å². The van der Waals surface area contributed by atoms with E-state index in [4.69, 9.17) is 10.8 Å². The van der Waals surface area contributed by atoms with Crippen LogP contribution < -0.4 is 11.1 Å². The smallest absolute Gasteiger partial charge is 0.312 e. The number of carbonyl (C=O) groups is 2. The van der Waals surface area contributed by atoms with Crippen molar-refractivity contribution in [3.63, 3.8) is 0 Å². The number of hydrogen-bond donors (Lipinski definition) is 3. The van der Waals surface area contributed by atoms with E-state index in [1.165, 1.54) is 0 Å². The lowest BCUT2D eigenvalue weighted by atomic mass is 9.98. The van der Waals surface area contributed by atoms with E-state index in [2.05, 4.69) is 5.32 Å². The van der Waals surface area contributed by atoms with Gasteiger partial charge in [0, 0.05) is 12.6 Å². The highest BCUT2D eigenvalue weighted by molar-refractivity contribution is 5.87. The molecule has 1 saturated carbocycles. The van der Waals surface area contributed by atoms with E-state index in [1.54, 1.807) is 4.90 Å². The lowest BCUT2D eigenvalue weighted by Crippen LogP contribution is -2.54. The van der Waals surface area contributed by atoms with Crippen LogP contribution in [0.1, 0.15) is 33.1 Å². The average molecular weight is 257 g/mol. The largest absolute Gasteiger partial charge is 0.395 e. The summed E-state index contributed by atoms with van der Waals surface area (Å²) in [6, 6.07) is -1.07. The van der Waals surface area contributed by atoms with E-state index in [0.717, 1.165) is 19.3 Å². The fraction of sp³-hybridized carbons (Fsp3) is 0.833. The minimum absolute atomic E-state index is 0.0185. The first-order chi connectivity index (χ1) is 8.51. The second-order valence-electron chi connectivity index (χ2n) is 4.86. The molecule has 6 heteroatoms. The summed E-state index contributed by atoms with van der Waals surface area (Å²) in [7, 11) is 0. The standard InChI is InChI=1S/C12H23N3O3/c1-3-8(2)10(14-12(13)18)11(17)15(6-7-16)9-4-5-9/h8-10,16H,3-7H2,1-2H3,(H3,13,14,18). The van der Waals surface area contributed by atoms with Crippen LogP contribution in [-0.4, -0.2) is 47.2 Å². The molecule has 2 unspecified atom stereocenters. The van der Waals surface area contributed by atoms with E-state index in [0.29, 0.717) is 6.54 Å². The number of primary amides is 1. The maximum absolute atomic E-state index is 12.4. The quantitative estimate of drug-likeness (QED) is 0.601. The summed E-state index contributed by atoms with van der Waals surface area (Å²) in [5.74, 6) is -0.121. The van der Waals surface area contributed by atoms with Crippen LogP contribution in [0.5, 0.6) is 0 Å². The van der Waals surface area contributed by atoms with Crippen LogP contribution in [0.25, 0.3) is 0 Å². The molecule has 1 aliphatic rings. The predicted molar refractivity (Wildman–Crippen MR) is 67.8 cm³/mol. The predicted octanol–water partition coefficient (Wildman–Crippen LogP) is 0.0527. The van der Waals surface area contributed by atoms with Gasteiger partial charge in [-0.1, -0.05) is 20.3 Å². The monoisotopic (exact) mass is 257 g/mol. The molecule has 0 aromatic heterocycles. The van der Waals surface area contributed by atoms with Gasteiger partial charge in [0.05, 0.1) is 6.61 Å². The van der Waals surface area contributed by atoms with Gasteiger partial charge in [0.15, 0.2) is 0 Å². The summed E-state index contributed by atoms with van der Waals surface area (Å²) in [6.45, 7) is 4.12. The minimum Gasteiger partial charge on any atom is -0.395 e. The highest BCUT2D eigenvalue weighted by Gasteiger charge is 2.37. The lowest BCUT2D eigenvalue weighted by molar-refractivity contribution is -0.135. The van der Waals surface area contributed by atoms with Crippen molar-refractivity contribution >= 4 is 11.9 Å². The maximum atomic E-state index is 12.4. The molecule has 1 rings (SSSR count). The molecule has 18 heavy (non-hydrogen) atoms. The van der Waals surface area contributed by atoms with Crippen molar-refractivity contribution in [3.8, 4) is 0 Å². The number of rotatable bonds is 7. The van der Waals surface area contributed by atoms with Crippen LogP contribution in [0.15, 0.2) is 0 Å². The molecule has 0 bridgehead atoms. The average Bonchev–Trinajstić information content (AvgIpc) is 3.15. The van der Waals surface area contributed by atoms with Crippen molar-refractivity contribution in [1.29, 1.82) is 0 Å². The van der Waals surface area contributed by atoms with Gasteiger partial charge in [-0.15, -0.1) is 0 Å². The normalized spacial score (nSPS) is 17.9. The van der Waals surface area contributed by atoms with Gasteiger partial charge >= 0.3 is 6.03 Å². The molecule has 6 nitrogen and oxygen atoms in total. The van der Waals surface area contributed by atoms with Crippen LogP contribution >= 0.6 is 0 Å². The molecule has 0 spiro atoms. The third-order valence-electron chi connectivity index (χ3n) is 3.39. The zero-order valence-electron chi connectivity index (χ0n) is 11.1. The minimum atomic E-state index is -0.687. The number of aliphatic hydroxyl groups is 1. The molecule has 4 N–H and O–H groups in total. The van der Waals surface area contributed by atoms with E-state index in [-0.39, 0.29) is 24.5 Å². The summed E-state index contributed by atoms with van der Waals surface area (Å²) < 4.78 is 0. The fourth-order valence-electron chi connectivity index (χ4n) is 1.98. The number of carbonyl (C=O) groups excluding carboxylic acids is 2. The second-order valence-corrected chi connectivity index (χ2v) is 4.86. The molecule has 0 aromatic carbocycles. The molecule has 0 saturated heterocycles. The Kier molecular flexibility index (Phi) is 5.40. The van der Waals surface area contributed by atoms with Crippen LogP contribution in [-0.2, 0) is 4.79 Å². The Morgan fingerprint density at radius 2 is 2.11 bits per heavy atom. The van der Waals surface area contributed by atoms with E-state index in [9.17, 15) is 9.59 Å². The Balaban J connectivity index is 2.74. The molecular weight excluding hydrogens is 234 g/mol. The zero-order chi connectivity index (χ0) is 13.7. The van der Waals surface area contributed by atoms with Crippen LogP contribution in [0, 0.1) is 5.92 Å². The molecule has 0 aliphatic heterocycles. The van der Waals surface area contributed by atoms with Gasteiger partial charge in [-0.05, 0) is 18.8 Å². The molecule has 2 atom stereocenters. The van der Waals surface area contributed by atoms with Crippen molar-refractivity contribution in [2.45, 2.75) is 45.2 Å². The van der Waals surface area contributed by atoms with Gasteiger partial charge in [-0.3, -0.25) is 4.79 Å². The summed E-state index contributed by atoms with van der Waals surface area (Å²) in [6.07, 6.45) is 2.71. The van der Waals surface area contributed by atoms with E-state index >= 15 is 0 Å². The zero-order valence-corrected chi connectivity index (χ0v) is 11.1. The molecule has 1 fully saturated rings. The number of aliphatic hydroxyl groups excluding tert-OH is 1. The number of nitrogens with two attached hydrogens (primary N) is 1. The number of amides is 3. The van der Waals surface area contributed by atoms with E-state index in [1.807, 2.05) is 13.8 Å². The Morgan fingerprint density at radius 3 is 2.50 bits per heavy atom. The Morgan fingerprint density at radius 1 is 1.50 bits per heavy atom. The molecular formula is C12H23N3O3. The number of nitrogens with zero attached hydrogens (tertiary/aromatic N) is 1. The topological polar surface area (TPSA) is 95.7 Å². The van der Waals surface area contributed by atoms with Crippen molar-refractivity contribution < 1.29 is 14.7 Å². The van der Waals surface area contributed by atoms with Gasteiger partial charge in [-0.2, -0.15) is 0 Å². The Bertz CT molecular complexity index is 305. The highest BCUT2D eigenvalue weighted by atomic mass is 16.3. The molecule has 0 radical (unpaired) electrons. The maximum Gasteiger partial charge on any atom is 0.312 e. The van der Waals surface area contributed by atoms with Gasteiger partial charge in [-0.25, -0.2) is 4.79 Å². The van der Waals surface area contributed by atoms with Crippen LogP contribution in [0.2, 0.25) is 0 Å². The number of urea groups is 1. The van der Waals surface area contributed by atoms with E-state index < -0.39 is 12.1 Å². The van der Waals surface area contributed by atoms with Crippen molar-refractivity contribution in [3.05, 3.63) is 0 Å². The summed E-state index contributed by atoms with van der Waals surface area (Å²) in [5, 5.41) is 11.5. The van der Waals surface area contributed by atoms with Crippen molar-refractivity contribution in [2.24, 2.45) is 11.7 Å². The van der Waals surface area contributed by atoms with Gasteiger partial charge in [0.25, 0.3) is 0 Å². The SMILES string of the molecule is CCC(C)C(NC(N)=O)C(=O)N(CCO)C1CC1. The molecule has 3 amide bonds. The molecule has 0 aromatic rings. The first-order valence-electron chi connectivity index (χ1n) is 6.48. The molecule has 1 aliphatic carbocycles. The van der Waals surface area contributed by atoms with Gasteiger partial charge < -0.3 is 21.1 Å². The van der Waals surface area contributed by atoms with Crippen molar-refractivity contribution in [2.75, 3.05) is 13.2 Å². The first kappa shape index (κ1) is 14.8. The summed E-state index contributed by atoms with van der Waals surface area (Å²) in [4.78, 5) is 25.0. The molecule has 104 valence electrons. The van der Waals surface area contributed by atoms with Crippen LogP contribution in [0.3, 0.4) is 0 Å². The summed E-state index contributed by atoms with van der Waals surface area (Å²) in [5.41, 5.74) is 5.12. The fourth-order valence-corrected chi connectivity index (χ4v) is 1.98. The highest BCUT2D eigenvalue weighted by Crippen LogP contribution is 2.28. The number of hydrogen-bond acceptors (Lipinski definition) is 3. The first-order valence-corrected chi connectivity index (χ1v) is 6.48. The third kappa shape index (κ3) is 3.87. The lowest BCUT2D eigenvalue weighted by Gasteiger charge is -2.30. The Labute approximate surface area is 108 Å². The summed E-state index contributed by atoms with van der Waals surface area (Å²) >= 11 is 0. The Hall–Kier alpha value is -1.30. The second kappa shape index (κ2) is 6.58. The number of nitrogens with one attached hydrogen (secondary N) is 1.